The molecule has 5 nitrogen and oxygen atoms in total. The number of ether oxygens (including phenoxy) is 1. The minimum absolute atomic E-state index is 0.0273. The molecule has 0 spiro atoms. The Kier molecular flexibility index (Phi) is 8.62. The van der Waals surface area contributed by atoms with Crippen molar-refractivity contribution in [2.24, 2.45) is 0 Å². The van der Waals surface area contributed by atoms with E-state index in [9.17, 15) is 22.8 Å². The van der Waals surface area contributed by atoms with E-state index in [1.165, 1.54) is 29.2 Å². The molecule has 0 saturated heterocycles. The summed E-state index contributed by atoms with van der Waals surface area (Å²) in [6.45, 7) is 0.580. The summed E-state index contributed by atoms with van der Waals surface area (Å²) < 4.78 is 47.6. The van der Waals surface area contributed by atoms with Gasteiger partial charge in [-0.2, -0.15) is 13.2 Å². The number of carbonyl (C=O) groups is 2. The van der Waals surface area contributed by atoms with Crippen LogP contribution in [0.25, 0.3) is 0 Å². The van der Waals surface area contributed by atoms with Crippen molar-refractivity contribution in [3.63, 3.8) is 0 Å². The zero-order chi connectivity index (χ0) is 27.3. The smallest absolute Gasteiger partial charge is 0.417 e. The number of nitrogens with zero attached hydrogens (tertiary/aromatic N) is 2. The molecule has 0 N–H and O–H groups in total. The summed E-state index contributed by atoms with van der Waals surface area (Å²) >= 11 is 6.16. The summed E-state index contributed by atoms with van der Waals surface area (Å²) in [6.07, 6.45) is -3.27. The maximum Gasteiger partial charge on any atom is 0.417 e. The number of amides is 2. The average molecular weight is 545 g/mol. The van der Waals surface area contributed by atoms with Gasteiger partial charge in [-0.25, -0.2) is 0 Å². The van der Waals surface area contributed by atoms with Crippen LogP contribution in [-0.2, 0) is 12.6 Å². The number of benzene rings is 3. The van der Waals surface area contributed by atoms with Crippen molar-refractivity contribution in [2.45, 2.75) is 31.5 Å². The molecule has 1 heterocycles. The molecule has 4 rings (SSSR count). The summed E-state index contributed by atoms with van der Waals surface area (Å²) in [5, 5.41) is 0.377. The van der Waals surface area contributed by atoms with E-state index in [0.717, 1.165) is 11.6 Å². The second kappa shape index (κ2) is 11.9. The predicted octanol–water partition coefficient (Wildman–Crippen LogP) is 6.36. The van der Waals surface area contributed by atoms with Crippen molar-refractivity contribution in [3.8, 4) is 5.75 Å². The van der Waals surface area contributed by atoms with Crippen molar-refractivity contribution in [2.75, 3.05) is 26.7 Å². The molecular weight excluding hydrogens is 517 g/mol. The van der Waals surface area contributed by atoms with Crippen molar-refractivity contribution in [1.29, 1.82) is 0 Å². The van der Waals surface area contributed by atoms with Crippen LogP contribution in [-0.4, -0.2) is 54.4 Å². The van der Waals surface area contributed by atoms with Crippen LogP contribution in [0.15, 0.2) is 72.8 Å². The fourth-order valence-corrected chi connectivity index (χ4v) is 4.76. The molecule has 3 aromatic carbocycles. The maximum atomic E-state index is 13.8. The van der Waals surface area contributed by atoms with E-state index in [0.29, 0.717) is 42.1 Å². The molecule has 9 heteroatoms. The highest BCUT2D eigenvalue weighted by Gasteiger charge is 2.37. The molecule has 1 aliphatic heterocycles. The van der Waals surface area contributed by atoms with Gasteiger partial charge in [-0.3, -0.25) is 9.59 Å². The van der Waals surface area contributed by atoms with Crippen molar-refractivity contribution in [1.82, 2.24) is 9.80 Å². The number of hydrogen-bond donors (Lipinski definition) is 0. The number of rotatable bonds is 3. The van der Waals surface area contributed by atoms with Gasteiger partial charge in [0, 0.05) is 25.2 Å². The SMILES string of the molecule is CN1CCCCN(C(=O)c2ccccc2C(F)(F)F)[C@H](Cc2ccccc2)COc2ccc(Cl)cc2C1=O. The van der Waals surface area contributed by atoms with Crippen LogP contribution in [0.2, 0.25) is 5.02 Å². The van der Waals surface area contributed by atoms with Gasteiger partial charge in [0.15, 0.2) is 0 Å². The van der Waals surface area contributed by atoms with Gasteiger partial charge in [-0.05, 0) is 55.2 Å². The fourth-order valence-electron chi connectivity index (χ4n) is 4.59. The highest BCUT2D eigenvalue weighted by Crippen LogP contribution is 2.33. The quantitative estimate of drug-likeness (QED) is 0.386. The standard InChI is InChI=1S/C29H28ClF3N2O3/c1-34-15-7-8-16-35(28(37)23-11-5-6-12-25(23)29(31,32)33)22(17-20-9-3-2-4-10-20)19-38-26-14-13-21(30)18-24(26)27(34)36/h2-6,9-14,18,22H,7-8,15-17,19H2,1H3/t22-/m1/s1. The lowest BCUT2D eigenvalue weighted by atomic mass is 10.0. The number of halogens is 4. The summed E-state index contributed by atoms with van der Waals surface area (Å²) in [6, 6.07) is 18.4. The Morgan fingerprint density at radius 3 is 2.42 bits per heavy atom. The lowest BCUT2D eigenvalue weighted by Gasteiger charge is -2.34. The third-order valence-corrected chi connectivity index (χ3v) is 6.81. The van der Waals surface area contributed by atoms with Crippen molar-refractivity contribution >= 4 is 23.4 Å². The first-order valence-corrected chi connectivity index (χ1v) is 12.7. The van der Waals surface area contributed by atoms with E-state index in [4.69, 9.17) is 16.3 Å². The largest absolute Gasteiger partial charge is 0.491 e. The Morgan fingerprint density at radius 2 is 1.68 bits per heavy atom. The molecule has 0 radical (unpaired) electrons. The average Bonchev–Trinajstić information content (AvgIpc) is 2.90. The van der Waals surface area contributed by atoms with E-state index in [1.54, 1.807) is 24.1 Å². The third-order valence-electron chi connectivity index (χ3n) is 6.57. The van der Waals surface area contributed by atoms with E-state index in [2.05, 4.69) is 0 Å². The minimum Gasteiger partial charge on any atom is -0.491 e. The topological polar surface area (TPSA) is 49.9 Å². The van der Waals surface area contributed by atoms with Crippen molar-refractivity contribution in [3.05, 3.63) is 100 Å². The number of alkyl halides is 3. The molecule has 1 atom stereocenters. The molecule has 0 saturated carbocycles. The normalized spacial score (nSPS) is 17.2. The van der Waals surface area contributed by atoms with Crippen LogP contribution in [0, 0.1) is 0 Å². The van der Waals surface area contributed by atoms with Crippen LogP contribution < -0.4 is 4.74 Å². The lowest BCUT2D eigenvalue weighted by molar-refractivity contribution is -0.138. The second-order valence-corrected chi connectivity index (χ2v) is 9.71. The van der Waals surface area contributed by atoms with E-state index in [1.807, 2.05) is 30.3 Å². The molecule has 2 amide bonds. The molecule has 0 aliphatic carbocycles. The van der Waals surface area contributed by atoms with Gasteiger partial charge in [0.25, 0.3) is 11.8 Å². The van der Waals surface area contributed by atoms with Crippen LogP contribution in [0.3, 0.4) is 0 Å². The van der Waals surface area contributed by atoms with Gasteiger partial charge in [-0.1, -0.05) is 54.1 Å². The summed E-state index contributed by atoms with van der Waals surface area (Å²) in [4.78, 5) is 29.9. The van der Waals surface area contributed by atoms with Crippen LogP contribution >= 0.6 is 11.6 Å². The lowest BCUT2D eigenvalue weighted by Crippen LogP contribution is -2.46. The first-order chi connectivity index (χ1) is 18.1. The second-order valence-electron chi connectivity index (χ2n) is 9.27. The van der Waals surface area contributed by atoms with Gasteiger partial charge in [-0.15, -0.1) is 0 Å². The Bertz CT molecular complexity index is 1280. The highest BCUT2D eigenvalue weighted by molar-refractivity contribution is 6.31. The number of hydrogen-bond acceptors (Lipinski definition) is 3. The van der Waals surface area contributed by atoms with Crippen molar-refractivity contribution < 1.29 is 27.5 Å². The molecule has 200 valence electrons. The maximum absolute atomic E-state index is 13.8. The third kappa shape index (κ3) is 6.48. The van der Waals surface area contributed by atoms with Crippen LogP contribution in [0.4, 0.5) is 13.2 Å². The molecule has 0 aromatic heterocycles. The first kappa shape index (κ1) is 27.5. The molecular formula is C29H28ClF3N2O3. The summed E-state index contributed by atoms with van der Waals surface area (Å²) in [5.41, 5.74) is -0.174. The Labute approximate surface area is 224 Å². The van der Waals surface area contributed by atoms with Gasteiger partial charge < -0.3 is 14.5 Å². The van der Waals surface area contributed by atoms with Crippen LogP contribution in [0.5, 0.6) is 5.75 Å². The first-order valence-electron chi connectivity index (χ1n) is 12.3. The predicted molar refractivity (Wildman–Crippen MR) is 140 cm³/mol. The van der Waals surface area contributed by atoms with Gasteiger partial charge >= 0.3 is 6.18 Å². The monoisotopic (exact) mass is 544 g/mol. The molecule has 0 fully saturated rings. The number of fused-ring (bicyclic) bond motifs is 1. The fraction of sp³-hybridized carbons (Fsp3) is 0.310. The van der Waals surface area contributed by atoms with Gasteiger partial charge in [0.05, 0.1) is 22.7 Å². The Morgan fingerprint density at radius 1 is 1.00 bits per heavy atom. The van der Waals surface area contributed by atoms with E-state index < -0.39 is 29.3 Å². The van der Waals surface area contributed by atoms with Gasteiger partial charge in [0.1, 0.15) is 12.4 Å². The number of carbonyl (C=O) groups excluding carboxylic acids is 2. The molecule has 1 aliphatic rings. The molecule has 0 unspecified atom stereocenters. The zero-order valence-electron chi connectivity index (χ0n) is 20.9. The molecule has 3 aromatic rings. The molecule has 0 bridgehead atoms. The molecule has 38 heavy (non-hydrogen) atoms. The van der Waals surface area contributed by atoms with E-state index >= 15 is 0 Å². The van der Waals surface area contributed by atoms with Gasteiger partial charge in [0.2, 0.25) is 0 Å². The summed E-state index contributed by atoms with van der Waals surface area (Å²) in [7, 11) is 1.67. The Balaban J connectivity index is 1.75. The summed E-state index contributed by atoms with van der Waals surface area (Å²) in [5.74, 6) is -0.650. The van der Waals surface area contributed by atoms with E-state index in [-0.39, 0.29) is 19.1 Å². The zero-order valence-corrected chi connectivity index (χ0v) is 21.6. The highest BCUT2D eigenvalue weighted by atomic mass is 35.5. The Hall–Kier alpha value is -3.52. The van der Waals surface area contributed by atoms with Crippen LogP contribution in [0.1, 0.15) is 44.7 Å². The minimum atomic E-state index is -4.68.